The lowest BCUT2D eigenvalue weighted by atomic mass is 10.1. The summed E-state index contributed by atoms with van der Waals surface area (Å²) in [5, 5.41) is 2.02. The van der Waals surface area contributed by atoms with Gasteiger partial charge in [-0.25, -0.2) is 0 Å². The molecule has 0 spiro atoms. The lowest BCUT2D eigenvalue weighted by Gasteiger charge is -2.30. The lowest BCUT2D eigenvalue weighted by molar-refractivity contribution is -0.133. The number of benzene rings is 1. The zero-order valence-corrected chi connectivity index (χ0v) is 15.7. The fourth-order valence-corrected chi connectivity index (χ4v) is 4.19. The van der Waals surface area contributed by atoms with E-state index in [1.165, 1.54) is 12.8 Å². The van der Waals surface area contributed by atoms with Crippen LogP contribution < -0.4 is 9.47 Å². The van der Waals surface area contributed by atoms with Crippen LogP contribution in [0.15, 0.2) is 35.7 Å². The Labute approximate surface area is 153 Å². The summed E-state index contributed by atoms with van der Waals surface area (Å²) < 4.78 is 10.9. The van der Waals surface area contributed by atoms with Crippen LogP contribution in [0.5, 0.6) is 11.5 Å². The molecule has 0 aliphatic heterocycles. The van der Waals surface area contributed by atoms with E-state index in [0.717, 1.165) is 34.8 Å². The molecule has 1 saturated carbocycles. The van der Waals surface area contributed by atoms with Gasteiger partial charge in [0.2, 0.25) is 5.91 Å². The third-order valence-electron chi connectivity index (χ3n) is 4.82. The normalized spacial score (nSPS) is 14.5. The quantitative estimate of drug-likeness (QED) is 0.741. The first-order chi connectivity index (χ1) is 12.2. The van der Waals surface area contributed by atoms with E-state index in [0.29, 0.717) is 19.0 Å². The van der Waals surface area contributed by atoms with Gasteiger partial charge in [-0.1, -0.05) is 18.9 Å². The zero-order valence-electron chi connectivity index (χ0n) is 14.9. The molecule has 0 unspecified atom stereocenters. The molecule has 1 fully saturated rings. The zero-order chi connectivity index (χ0) is 17.6. The minimum Gasteiger partial charge on any atom is -0.497 e. The Bertz CT molecular complexity index is 693. The summed E-state index contributed by atoms with van der Waals surface area (Å²) in [7, 11) is 3.32. The van der Waals surface area contributed by atoms with Crippen molar-refractivity contribution in [1.82, 2.24) is 4.90 Å². The molecule has 134 valence electrons. The van der Waals surface area contributed by atoms with Gasteiger partial charge in [0.15, 0.2) is 0 Å². The van der Waals surface area contributed by atoms with Crippen molar-refractivity contribution in [2.24, 2.45) is 0 Å². The van der Waals surface area contributed by atoms with Gasteiger partial charge in [0.05, 0.1) is 20.6 Å². The maximum Gasteiger partial charge on any atom is 0.228 e. The molecular formula is C20H25NO3S. The first kappa shape index (κ1) is 17.8. The van der Waals surface area contributed by atoms with E-state index in [-0.39, 0.29) is 5.91 Å². The van der Waals surface area contributed by atoms with Gasteiger partial charge in [0.1, 0.15) is 11.5 Å². The number of amides is 1. The first-order valence-electron chi connectivity index (χ1n) is 8.74. The molecule has 1 aromatic heterocycles. The van der Waals surface area contributed by atoms with E-state index in [2.05, 4.69) is 0 Å². The third-order valence-corrected chi connectivity index (χ3v) is 5.70. The molecule has 4 nitrogen and oxygen atoms in total. The number of carbonyl (C=O) groups excluding carboxylic acids is 1. The largest absolute Gasteiger partial charge is 0.497 e. The van der Waals surface area contributed by atoms with Gasteiger partial charge >= 0.3 is 0 Å². The molecule has 0 radical (unpaired) electrons. The Kier molecular flexibility index (Phi) is 5.97. The summed E-state index contributed by atoms with van der Waals surface area (Å²) in [5.41, 5.74) is 0.994. The molecule has 1 aliphatic carbocycles. The monoisotopic (exact) mass is 359 g/mol. The van der Waals surface area contributed by atoms with E-state index in [1.54, 1.807) is 25.6 Å². The van der Waals surface area contributed by atoms with Crippen LogP contribution in [0.3, 0.4) is 0 Å². The Morgan fingerprint density at radius 1 is 1.20 bits per heavy atom. The van der Waals surface area contributed by atoms with E-state index in [9.17, 15) is 4.79 Å². The van der Waals surface area contributed by atoms with Crippen molar-refractivity contribution in [3.05, 3.63) is 46.2 Å². The second-order valence-electron chi connectivity index (χ2n) is 6.39. The Morgan fingerprint density at radius 3 is 2.64 bits per heavy atom. The summed E-state index contributed by atoms with van der Waals surface area (Å²) >= 11 is 1.64. The molecule has 5 heteroatoms. The second kappa shape index (κ2) is 8.39. The molecule has 0 saturated heterocycles. The van der Waals surface area contributed by atoms with Gasteiger partial charge < -0.3 is 14.4 Å². The second-order valence-corrected chi connectivity index (χ2v) is 7.43. The highest BCUT2D eigenvalue weighted by Crippen LogP contribution is 2.30. The molecule has 0 atom stereocenters. The molecule has 1 aromatic carbocycles. The van der Waals surface area contributed by atoms with Gasteiger partial charge in [-0.2, -0.15) is 0 Å². The number of rotatable bonds is 7. The SMILES string of the molecule is COc1ccc(OC)c(CN(C(=O)Cc2cccs2)C2CCCC2)c1. The molecule has 1 heterocycles. The average molecular weight is 359 g/mol. The van der Waals surface area contributed by atoms with Crippen molar-refractivity contribution in [3.63, 3.8) is 0 Å². The van der Waals surface area contributed by atoms with Crippen LogP contribution in [-0.4, -0.2) is 31.1 Å². The molecule has 0 bridgehead atoms. The predicted molar refractivity (Wildman–Crippen MR) is 100 cm³/mol. The van der Waals surface area contributed by atoms with Crippen molar-refractivity contribution in [2.45, 2.75) is 44.7 Å². The average Bonchev–Trinajstić information content (AvgIpc) is 3.33. The fourth-order valence-electron chi connectivity index (χ4n) is 3.49. The molecule has 0 N–H and O–H groups in total. The number of thiophene rings is 1. The van der Waals surface area contributed by atoms with Crippen LogP contribution in [0.4, 0.5) is 0 Å². The number of carbonyl (C=O) groups is 1. The Balaban J connectivity index is 1.83. The van der Waals surface area contributed by atoms with Gasteiger partial charge in [-0.05, 0) is 42.5 Å². The third kappa shape index (κ3) is 4.34. The molecule has 2 aromatic rings. The lowest BCUT2D eigenvalue weighted by Crippen LogP contribution is -2.39. The highest BCUT2D eigenvalue weighted by atomic mass is 32.1. The highest BCUT2D eigenvalue weighted by Gasteiger charge is 2.27. The smallest absolute Gasteiger partial charge is 0.228 e. The van der Waals surface area contributed by atoms with Crippen molar-refractivity contribution < 1.29 is 14.3 Å². The van der Waals surface area contributed by atoms with Crippen molar-refractivity contribution in [3.8, 4) is 11.5 Å². The van der Waals surface area contributed by atoms with Crippen LogP contribution >= 0.6 is 11.3 Å². The van der Waals surface area contributed by atoms with Crippen LogP contribution in [0.2, 0.25) is 0 Å². The first-order valence-corrected chi connectivity index (χ1v) is 9.62. The minimum atomic E-state index is 0.194. The maximum atomic E-state index is 13.0. The van der Waals surface area contributed by atoms with Crippen LogP contribution in [0, 0.1) is 0 Å². The maximum absolute atomic E-state index is 13.0. The number of hydrogen-bond acceptors (Lipinski definition) is 4. The van der Waals surface area contributed by atoms with E-state index < -0.39 is 0 Å². The number of nitrogens with zero attached hydrogens (tertiary/aromatic N) is 1. The van der Waals surface area contributed by atoms with Gasteiger partial charge in [-0.3, -0.25) is 4.79 Å². The van der Waals surface area contributed by atoms with Crippen LogP contribution in [0.25, 0.3) is 0 Å². The topological polar surface area (TPSA) is 38.8 Å². The van der Waals surface area contributed by atoms with Crippen molar-refractivity contribution in [2.75, 3.05) is 14.2 Å². The molecule has 1 amide bonds. The molecular weight excluding hydrogens is 334 g/mol. The summed E-state index contributed by atoms with van der Waals surface area (Å²) in [6, 6.07) is 10.1. The number of methoxy groups -OCH3 is 2. The van der Waals surface area contributed by atoms with Crippen molar-refractivity contribution >= 4 is 17.2 Å². The number of hydrogen-bond donors (Lipinski definition) is 0. The van der Waals surface area contributed by atoms with E-state index in [4.69, 9.17) is 9.47 Å². The molecule has 3 rings (SSSR count). The Morgan fingerprint density at radius 2 is 2.00 bits per heavy atom. The predicted octanol–water partition coefficient (Wildman–Crippen LogP) is 4.28. The number of ether oxygens (including phenoxy) is 2. The minimum absolute atomic E-state index is 0.194. The van der Waals surface area contributed by atoms with Crippen molar-refractivity contribution in [1.29, 1.82) is 0 Å². The fraction of sp³-hybridized carbons (Fsp3) is 0.450. The summed E-state index contributed by atoms with van der Waals surface area (Å²) in [6.07, 6.45) is 5.04. The van der Waals surface area contributed by atoms with Gasteiger partial charge in [-0.15, -0.1) is 11.3 Å². The van der Waals surface area contributed by atoms with E-state index >= 15 is 0 Å². The van der Waals surface area contributed by atoms with Crippen LogP contribution in [-0.2, 0) is 17.8 Å². The molecule has 25 heavy (non-hydrogen) atoms. The van der Waals surface area contributed by atoms with Crippen LogP contribution in [0.1, 0.15) is 36.1 Å². The van der Waals surface area contributed by atoms with E-state index in [1.807, 2.05) is 40.6 Å². The molecule has 1 aliphatic rings. The standard InChI is InChI=1S/C20H25NO3S/c1-23-17-9-10-19(24-2)15(12-17)14-21(16-6-3-4-7-16)20(22)13-18-8-5-11-25-18/h5,8-12,16H,3-4,6-7,13-14H2,1-2H3. The summed E-state index contributed by atoms with van der Waals surface area (Å²) in [5.74, 6) is 1.78. The van der Waals surface area contributed by atoms with Gasteiger partial charge in [0.25, 0.3) is 0 Å². The van der Waals surface area contributed by atoms with Gasteiger partial charge in [0, 0.05) is 23.0 Å². The highest BCUT2D eigenvalue weighted by molar-refractivity contribution is 7.10. The summed E-state index contributed by atoms with van der Waals surface area (Å²) in [4.78, 5) is 16.2. The Hall–Kier alpha value is -2.01. The summed E-state index contributed by atoms with van der Waals surface area (Å²) in [6.45, 7) is 0.565.